The van der Waals surface area contributed by atoms with Gasteiger partial charge in [0.05, 0.1) is 11.5 Å². The van der Waals surface area contributed by atoms with E-state index in [2.05, 4.69) is 39.8 Å². The highest BCUT2D eigenvalue weighted by Crippen LogP contribution is 2.23. The fraction of sp³-hybridized carbons (Fsp3) is 0.917. The molecule has 0 aliphatic carbocycles. The van der Waals surface area contributed by atoms with E-state index in [0.717, 1.165) is 12.8 Å². The Morgan fingerprint density at radius 2 is 0.469 bits per heavy atom. The van der Waals surface area contributed by atoms with Gasteiger partial charge in [-0.05, 0) is 50.7 Å². The zero-order valence-corrected chi connectivity index (χ0v) is 34.8. The summed E-state index contributed by atoms with van der Waals surface area (Å²) < 4.78 is 6.88. The topological polar surface area (TPSA) is 9.23 Å². The van der Waals surface area contributed by atoms with Crippen molar-refractivity contribution < 1.29 is 4.74 Å². The van der Waals surface area contributed by atoms with Crippen LogP contribution in [0.4, 0.5) is 0 Å². The van der Waals surface area contributed by atoms with Crippen molar-refractivity contribution in [1.82, 2.24) is 0 Å². The molecule has 0 spiro atoms. The van der Waals surface area contributed by atoms with Gasteiger partial charge in [0.2, 0.25) is 0 Å². The largest absolute Gasteiger partial charge is 0.467 e. The van der Waals surface area contributed by atoms with Gasteiger partial charge in [-0.25, -0.2) is 0 Å². The Morgan fingerprint density at radius 1 is 0.265 bits per heavy atom. The van der Waals surface area contributed by atoms with Crippen LogP contribution in [-0.2, 0) is 4.74 Å². The molecule has 0 heterocycles. The maximum Gasteiger partial charge on any atom is 0.0996 e. The first-order valence-corrected chi connectivity index (χ1v) is 23.3. The highest BCUT2D eigenvalue weighted by molar-refractivity contribution is 5.03. The lowest BCUT2D eigenvalue weighted by atomic mass is 10.0. The Hall–Kier alpha value is -0.720. The Bertz CT molecular complexity index is 604. The van der Waals surface area contributed by atoms with Gasteiger partial charge in [0.25, 0.3) is 0 Å². The third-order valence-electron chi connectivity index (χ3n) is 10.7. The van der Waals surface area contributed by atoms with Crippen molar-refractivity contribution >= 4 is 0 Å². The van der Waals surface area contributed by atoms with E-state index in [0.29, 0.717) is 0 Å². The molecular weight excluding hydrogens is 593 g/mol. The standard InChI is InChI=1S/C48H94O/c1-5-9-13-17-21-25-29-33-37-41-45-47(43-39-35-31-27-23-19-15-11-7-3)49-48(44-40-36-32-28-24-20-16-12-8-4)46-42-38-34-30-26-22-18-14-10-6-2/h43-44H,5-42,45-46H2,1-4H3. The molecule has 49 heavy (non-hydrogen) atoms. The monoisotopic (exact) mass is 687 g/mol. The minimum Gasteiger partial charge on any atom is -0.467 e. The molecule has 0 aliphatic rings. The summed E-state index contributed by atoms with van der Waals surface area (Å²) in [5.41, 5.74) is 0. The van der Waals surface area contributed by atoms with E-state index in [1.807, 2.05) is 0 Å². The molecular formula is C48H94O. The Labute approximate surface area is 312 Å². The molecule has 0 aromatic carbocycles. The molecule has 0 unspecified atom stereocenters. The van der Waals surface area contributed by atoms with E-state index in [-0.39, 0.29) is 0 Å². The van der Waals surface area contributed by atoms with Crippen molar-refractivity contribution in [2.45, 2.75) is 285 Å². The van der Waals surface area contributed by atoms with Crippen molar-refractivity contribution in [2.75, 3.05) is 0 Å². The highest BCUT2D eigenvalue weighted by atomic mass is 16.5. The van der Waals surface area contributed by atoms with Crippen LogP contribution in [0.15, 0.2) is 23.7 Å². The molecule has 0 saturated carbocycles. The molecule has 0 aromatic rings. The van der Waals surface area contributed by atoms with Gasteiger partial charge < -0.3 is 4.74 Å². The third kappa shape index (κ3) is 39.9. The van der Waals surface area contributed by atoms with E-state index in [9.17, 15) is 0 Å². The molecule has 0 amide bonds. The molecule has 0 saturated heterocycles. The molecule has 0 N–H and O–H groups in total. The lowest BCUT2D eigenvalue weighted by Gasteiger charge is -2.15. The zero-order chi connectivity index (χ0) is 35.6. The summed E-state index contributed by atoms with van der Waals surface area (Å²) in [7, 11) is 0. The van der Waals surface area contributed by atoms with Gasteiger partial charge in [0.1, 0.15) is 0 Å². The fourth-order valence-electron chi connectivity index (χ4n) is 7.21. The van der Waals surface area contributed by atoms with Crippen LogP contribution < -0.4 is 0 Å². The zero-order valence-electron chi connectivity index (χ0n) is 34.8. The Balaban J connectivity index is 4.91. The van der Waals surface area contributed by atoms with E-state index >= 15 is 0 Å². The smallest absolute Gasteiger partial charge is 0.0996 e. The second kappa shape index (κ2) is 43.4. The first-order valence-electron chi connectivity index (χ1n) is 23.3. The van der Waals surface area contributed by atoms with Crippen LogP contribution in [-0.4, -0.2) is 0 Å². The van der Waals surface area contributed by atoms with E-state index < -0.39 is 0 Å². The summed E-state index contributed by atoms with van der Waals surface area (Å²) in [5, 5.41) is 0. The van der Waals surface area contributed by atoms with Crippen LogP contribution in [0.5, 0.6) is 0 Å². The quantitative estimate of drug-likeness (QED) is 0.0459. The molecule has 1 nitrogen and oxygen atoms in total. The number of unbranched alkanes of at least 4 members (excludes halogenated alkanes) is 34. The first-order chi connectivity index (χ1) is 24.3. The molecule has 0 bridgehead atoms. The van der Waals surface area contributed by atoms with Gasteiger partial charge in [-0.1, -0.05) is 233 Å². The summed E-state index contributed by atoms with van der Waals surface area (Å²) in [6, 6.07) is 0. The van der Waals surface area contributed by atoms with E-state index in [1.54, 1.807) is 0 Å². The van der Waals surface area contributed by atoms with Crippen molar-refractivity contribution in [1.29, 1.82) is 0 Å². The predicted molar refractivity (Wildman–Crippen MR) is 225 cm³/mol. The number of allylic oxidation sites excluding steroid dienone is 4. The molecule has 0 rings (SSSR count). The maximum atomic E-state index is 6.88. The third-order valence-corrected chi connectivity index (χ3v) is 10.7. The minimum absolute atomic E-state index is 1.14. The number of rotatable bonds is 42. The molecule has 0 fully saturated rings. The lowest BCUT2D eigenvalue weighted by Crippen LogP contribution is -1.97. The van der Waals surface area contributed by atoms with Gasteiger partial charge >= 0.3 is 0 Å². The van der Waals surface area contributed by atoms with Gasteiger partial charge in [-0.15, -0.1) is 0 Å². The second-order valence-electron chi connectivity index (χ2n) is 15.8. The van der Waals surface area contributed by atoms with Crippen LogP contribution in [0.3, 0.4) is 0 Å². The lowest BCUT2D eigenvalue weighted by molar-refractivity contribution is 0.266. The molecule has 292 valence electrons. The fourth-order valence-corrected chi connectivity index (χ4v) is 7.21. The van der Waals surface area contributed by atoms with Crippen LogP contribution in [0.2, 0.25) is 0 Å². The SMILES string of the molecule is CCCCCCCCCCC=C(CCCCCCCCCCCC)OC(=CCCCCCCCCCC)CCCCCCCCCCCC. The van der Waals surface area contributed by atoms with Crippen molar-refractivity contribution in [3.8, 4) is 0 Å². The minimum atomic E-state index is 1.14. The van der Waals surface area contributed by atoms with Gasteiger partial charge in [-0.2, -0.15) is 0 Å². The van der Waals surface area contributed by atoms with Crippen molar-refractivity contribution in [3.63, 3.8) is 0 Å². The van der Waals surface area contributed by atoms with E-state index in [4.69, 9.17) is 4.74 Å². The van der Waals surface area contributed by atoms with Gasteiger partial charge in [0, 0.05) is 12.8 Å². The number of ether oxygens (including phenoxy) is 1. The van der Waals surface area contributed by atoms with Gasteiger partial charge in [-0.3, -0.25) is 0 Å². The van der Waals surface area contributed by atoms with Crippen LogP contribution in [0, 0.1) is 0 Å². The number of hydrogen-bond donors (Lipinski definition) is 0. The average Bonchev–Trinajstić information content (AvgIpc) is 3.11. The number of hydrogen-bond acceptors (Lipinski definition) is 1. The summed E-state index contributed by atoms with van der Waals surface area (Å²) in [4.78, 5) is 0. The summed E-state index contributed by atoms with van der Waals surface area (Å²) in [6.07, 6.45) is 60.1. The molecule has 0 aromatic heterocycles. The predicted octanol–water partition coefficient (Wildman–Crippen LogP) is 18.5. The Kier molecular flexibility index (Phi) is 42.8. The van der Waals surface area contributed by atoms with Crippen molar-refractivity contribution in [2.24, 2.45) is 0 Å². The van der Waals surface area contributed by atoms with Crippen LogP contribution in [0.1, 0.15) is 285 Å². The first kappa shape index (κ1) is 48.3. The molecule has 0 atom stereocenters. The summed E-state index contributed by atoms with van der Waals surface area (Å²) >= 11 is 0. The van der Waals surface area contributed by atoms with E-state index in [1.165, 1.54) is 256 Å². The normalized spacial score (nSPS) is 12.3. The van der Waals surface area contributed by atoms with Crippen LogP contribution >= 0.6 is 0 Å². The highest BCUT2D eigenvalue weighted by Gasteiger charge is 2.06. The van der Waals surface area contributed by atoms with Crippen molar-refractivity contribution in [3.05, 3.63) is 23.7 Å². The van der Waals surface area contributed by atoms with Crippen LogP contribution in [0.25, 0.3) is 0 Å². The summed E-state index contributed by atoms with van der Waals surface area (Å²) in [6.45, 7) is 9.26. The second-order valence-corrected chi connectivity index (χ2v) is 15.8. The maximum absolute atomic E-state index is 6.88. The Morgan fingerprint density at radius 3 is 0.714 bits per heavy atom. The molecule has 1 heteroatoms. The molecule has 0 radical (unpaired) electrons. The molecule has 0 aliphatic heterocycles. The van der Waals surface area contributed by atoms with Gasteiger partial charge in [0.15, 0.2) is 0 Å². The average molecular weight is 687 g/mol. The summed E-state index contributed by atoms with van der Waals surface area (Å²) in [5.74, 6) is 2.61.